The minimum Gasteiger partial charge on any atom is -0.496 e. The first-order chi connectivity index (χ1) is 16.9. The van der Waals surface area contributed by atoms with Crippen LogP contribution in [0.2, 0.25) is 0 Å². The number of nitrogens with zero attached hydrogens (tertiary/aromatic N) is 2. The molecule has 1 aliphatic rings. The molecular weight excluding hydrogens is 466 g/mol. The third-order valence-corrected chi connectivity index (χ3v) is 7.17. The van der Waals surface area contributed by atoms with Crippen LogP contribution in [0.5, 0.6) is 11.6 Å². The van der Waals surface area contributed by atoms with E-state index in [4.69, 9.17) is 14.7 Å². The van der Waals surface area contributed by atoms with Gasteiger partial charge >= 0.3 is 0 Å². The summed E-state index contributed by atoms with van der Waals surface area (Å²) in [7, 11) is -0.683. The average molecular weight is 494 g/mol. The Hall–Kier alpha value is -3.65. The summed E-state index contributed by atoms with van der Waals surface area (Å²) in [6.45, 7) is 2.05. The third kappa shape index (κ3) is 5.71. The Kier molecular flexibility index (Phi) is 7.51. The minimum absolute atomic E-state index is 0.0829. The lowest BCUT2D eigenvalue weighted by Crippen LogP contribution is -2.40. The molecular formula is C25H27N5O4S. The van der Waals surface area contributed by atoms with Crippen LogP contribution in [0.25, 0.3) is 11.1 Å². The second-order valence-corrected chi connectivity index (χ2v) is 9.92. The number of benzene rings is 2. The molecule has 10 heteroatoms. The van der Waals surface area contributed by atoms with E-state index in [1.165, 1.54) is 25.8 Å². The van der Waals surface area contributed by atoms with Crippen LogP contribution in [-0.2, 0) is 16.4 Å². The molecule has 2 heterocycles. The molecule has 3 N–H and O–H groups in total. The van der Waals surface area contributed by atoms with Crippen molar-refractivity contribution in [2.24, 2.45) is 0 Å². The number of nitrogens with one attached hydrogen (secondary N) is 3. The van der Waals surface area contributed by atoms with Gasteiger partial charge in [-0.1, -0.05) is 12.1 Å². The third-order valence-electron chi connectivity index (χ3n) is 5.76. The molecule has 1 aromatic heterocycles. The van der Waals surface area contributed by atoms with Gasteiger partial charge in [-0.25, -0.2) is 18.1 Å². The Bertz CT molecular complexity index is 1340. The van der Waals surface area contributed by atoms with Gasteiger partial charge in [0.15, 0.2) is 0 Å². The number of ether oxygens (including phenoxy) is 2. The zero-order valence-corrected chi connectivity index (χ0v) is 20.4. The highest BCUT2D eigenvalue weighted by atomic mass is 32.2. The van der Waals surface area contributed by atoms with Crippen LogP contribution in [-0.4, -0.2) is 53.3 Å². The number of methoxy groups -OCH3 is 1. The zero-order chi connectivity index (χ0) is 24.8. The monoisotopic (exact) mass is 493 g/mol. The normalized spacial score (nSPS) is 14.8. The van der Waals surface area contributed by atoms with Crippen LogP contribution in [0.3, 0.4) is 0 Å². The van der Waals surface area contributed by atoms with E-state index < -0.39 is 10.0 Å². The lowest BCUT2D eigenvalue weighted by atomic mass is 10.1. The summed E-state index contributed by atoms with van der Waals surface area (Å²) in [5, 5.41) is 15.6. The second kappa shape index (κ2) is 10.7. The maximum absolute atomic E-state index is 12.3. The van der Waals surface area contributed by atoms with E-state index in [-0.39, 0.29) is 11.0 Å². The van der Waals surface area contributed by atoms with Gasteiger partial charge in [-0.15, -0.1) is 0 Å². The Morgan fingerprint density at radius 2 is 2.03 bits per heavy atom. The summed E-state index contributed by atoms with van der Waals surface area (Å²) in [4.78, 5) is 4.61. The Labute approximate surface area is 205 Å². The van der Waals surface area contributed by atoms with E-state index in [1.807, 2.05) is 30.3 Å². The summed E-state index contributed by atoms with van der Waals surface area (Å²) in [6.07, 6.45) is 2.42. The summed E-state index contributed by atoms with van der Waals surface area (Å²) in [5.41, 5.74) is 3.89. The molecule has 0 bridgehead atoms. The molecule has 0 fully saturated rings. The van der Waals surface area contributed by atoms with Crippen molar-refractivity contribution < 1.29 is 17.9 Å². The molecule has 2 aromatic carbocycles. The Morgan fingerprint density at radius 1 is 1.23 bits per heavy atom. The molecule has 0 saturated heterocycles. The predicted octanol–water partition coefficient (Wildman–Crippen LogP) is 2.54. The smallest absolute Gasteiger partial charge is 0.240 e. The van der Waals surface area contributed by atoms with Crippen molar-refractivity contribution in [3.05, 3.63) is 65.9 Å². The molecule has 0 radical (unpaired) electrons. The van der Waals surface area contributed by atoms with E-state index in [0.29, 0.717) is 41.4 Å². The fourth-order valence-electron chi connectivity index (χ4n) is 3.80. The van der Waals surface area contributed by atoms with Gasteiger partial charge < -0.3 is 20.1 Å². The minimum atomic E-state index is -3.60. The maximum Gasteiger partial charge on any atom is 0.240 e. The highest BCUT2D eigenvalue weighted by molar-refractivity contribution is 7.89. The number of hydrogen-bond donors (Lipinski definition) is 3. The van der Waals surface area contributed by atoms with Gasteiger partial charge in [0.25, 0.3) is 0 Å². The van der Waals surface area contributed by atoms with Crippen LogP contribution in [0.1, 0.15) is 11.1 Å². The molecule has 182 valence electrons. The molecule has 4 rings (SSSR count). The molecule has 35 heavy (non-hydrogen) atoms. The van der Waals surface area contributed by atoms with Gasteiger partial charge in [0.05, 0.1) is 35.9 Å². The summed E-state index contributed by atoms with van der Waals surface area (Å²) < 4.78 is 38.3. The van der Waals surface area contributed by atoms with E-state index >= 15 is 0 Å². The van der Waals surface area contributed by atoms with Gasteiger partial charge in [-0.05, 0) is 62.0 Å². The fraction of sp³-hybridized carbons (Fsp3) is 0.280. The molecule has 9 nitrogen and oxygen atoms in total. The van der Waals surface area contributed by atoms with Gasteiger partial charge in [0.2, 0.25) is 15.9 Å². The molecule has 0 saturated carbocycles. The largest absolute Gasteiger partial charge is 0.496 e. The number of fused-ring (bicyclic) bond motifs is 1. The van der Waals surface area contributed by atoms with Crippen LogP contribution in [0, 0.1) is 11.3 Å². The molecule has 0 amide bonds. The number of aromatic nitrogens is 1. The van der Waals surface area contributed by atoms with Crippen LogP contribution >= 0.6 is 0 Å². The first-order valence-electron chi connectivity index (χ1n) is 11.2. The van der Waals surface area contributed by atoms with Crippen molar-refractivity contribution in [3.8, 4) is 28.8 Å². The van der Waals surface area contributed by atoms with E-state index in [0.717, 1.165) is 18.7 Å². The SMILES string of the molecule is CNS(=O)(=O)c1ccc(OC)c(-c2cnc3c(c2)NCC(CNCCc2ccc(C#N)cc2)O3)c1. The Morgan fingerprint density at radius 3 is 2.74 bits per heavy atom. The van der Waals surface area contributed by atoms with Crippen LogP contribution < -0.4 is 24.8 Å². The molecule has 3 aromatic rings. The van der Waals surface area contributed by atoms with Crippen molar-refractivity contribution in [2.75, 3.05) is 39.1 Å². The number of hydrogen-bond acceptors (Lipinski definition) is 8. The van der Waals surface area contributed by atoms with E-state index in [9.17, 15) is 8.42 Å². The summed E-state index contributed by atoms with van der Waals surface area (Å²) in [5.74, 6) is 1.04. The van der Waals surface area contributed by atoms with Gasteiger partial charge in [-0.3, -0.25) is 0 Å². The second-order valence-electron chi connectivity index (χ2n) is 8.03. The van der Waals surface area contributed by atoms with Gasteiger partial charge in [0.1, 0.15) is 11.9 Å². The quantitative estimate of drug-likeness (QED) is 0.389. The van der Waals surface area contributed by atoms with Crippen molar-refractivity contribution in [3.63, 3.8) is 0 Å². The molecule has 1 unspecified atom stereocenters. The van der Waals surface area contributed by atoms with E-state index in [1.54, 1.807) is 18.3 Å². The number of pyridine rings is 1. The first kappa shape index (κ1) is 24.5. The fourth-order valence-corrected chi connectivity index (χ4v) is 4.55. The standard InChI is InChI=1S/C25H27N5O4S/c1-27-35(31,32)21-7-8-24(33-2)22(12-21)19-11-23-25(30-14-19)34-20(16-29-23)15-28-10-9-17-3-5-18(13-26)6-4-17/h3-8,11-12,14,20,27-29H,9-10,15-16H2,1-2H3. The maximum atomic E-state index is 12.3. The van der Waals surface area contributed by atoms with Crippen molar-refractivity contribution in [2.45, 2.75) is 17.4 Å². The molecule has 1 atom stereocenters. The zero-order valence-electron chi connectivity index (χ0n) is 19.5. The highest BCUT2D eigenvalue weighted by Crippen LogP contribution is 2.36. The lowest BCUT2D eigenvalue weighted by molar-refractivity contribution is 0.194. The van der Waals surface area contributed by atoms with Crippen molar-refractivity contribution >= 4 is 15.7 Å². The van der Waals surface area contributed by atoms with Gasteiger partial charge in [0, 0.05) is 23.9 Å². The van der Waals surface area contributed by atoms with Crippen LogP contribution in [0.4, 0.5) is 5.69 Å². The molecule has 0 spiro atoms. The van der Waals surface area contributed by atoms with Crippen molar-refractivity contribution in [1.29, 1.82) is 5.26 Å². The summed E-state index contributed by atoms with van der Waals surface area (Å²) >= 11 is 0. The number of sulfonamides is 1. The van der Waals surface area contributed by atoms with Crippen molar-refractivity contribution in [1.82, 2.24) is 15.0 Å². The lowest BCUT2D eigenvalue weighted by Gasteiger charge is -2.27. The highest BCUT2D eigenvalue weighted by Gasteiger charge is 2.22. The number of rotatable bonds is 9. The van der Waals surface area contributed by atoms with Crippen LogP contribution in [0.15, 0.2) is 59.6 Å². The number of anilines is 1. The first-order valence-corrected chi connectivity index (χ1v) is 12.6. The molecule has 1 aliphatic heterocycles. The van der Waals surface area contributed by atoms with E-state index in [2.05, 4.69) is 26.4 Å². The predicted molar refractivity (Wildman–Crippen MR) is 133 cm³/mol. The van der Waals surface area contributed by atoms with Gasteiger partial charge in [-0.2, -0.15) is 5.26 Å². The number of nitriles is 1. The topological polar surface area (TPSA) is 125 Å². The Balaban J connectivity index is 1.39. The summed E-state index contributed by atoms with van der Waals surface area (Å²) in [6, 6.07) is 16.3. The molecule has 0 aliphatic carbocycles. The average Bonchev–Trinajstić information content (AvgIpc) is 2.90.